The number of rotatable bonds is 5. The van der Waals surface area contributed by atoms with E-state index < -0.39 is 0 Å². The molecular formula is C11H20N4O2. The Labute approximate surface area is 101 Å². The van der Waals surface area contributed by atoms with Gasteiger partial charge < -0.3 is 15.8 Å². The van der Waals surface area contributed by atoms with Crippen LogP contribution in [0.1, 0.15) is 31.1 Å². The minimum atomic E-state index is -0.388. The summed E-state index contributed by atoms with van der Waals surface area (Å²) in [6.45, 7) is 6.79. The maximum Gasteiger partial charge on any atom is 0.256 e. The molecule has 1 heterocycles. The molecule has 0 radical (unpaired) electrons. The van der Waals surface area contributed by atoms with Gasteiger partial charge in [0.05, 0.1) is 11.8 Å². The molecule has 0 saturated heterocycles. The lowest BCUT2D eigenvalue weighted by atomic mass is 10.1. The van der Waals surface area contributed by atoms with Crippen LogP contribution in [0.4, 0.5) is 5.82 Å². The number of carbonyl (C=O) groups is 1. The topological polar surface area (TPSA) is 82.2 Å². The van der Waals surface area contributed by atoms with Crippen molar-refractivity contribution >= 4 is 11.7 Å². The average Bonchev–Trinajstić information content (AvgIpc) is 2.57. The normalized spacial score (nSPS) is 11.5. The van der Waals surface area contributed by atoms with Crippen LogP contribution >= 0.6 is 0 Å². The number of nitrogens with one attached hydrogen (secondary N) is 1. The first-order valence-electron chi connectivity index (χ1n) is 5.57. The van der Waals surface area contributed by atoms with E-state index >= 15 is 0 Å². The van der Waals surface area contributed by atoms with Gasteiger partial charge >= 0.3 is 0 Å². The zero-order valence-corrected chi connectivity index (χ0v) is 10.8. The summed E-state index contributed by atoms with van der Waals surface area (Å²) in [6.07, 6.45) is 1.46. The third-order valence-electron chi connectivity index (χ3n) is 2.44. The molecule has 1 amide bonds. The van der Waals surface area contributed by atoms with Crippen LogP contribution in [0.15, 0.2) is 6.20 Å². The molecule has 96 valence electrons. The summed E-state index contributed by atoms with van der Waals surface area (Å²) in [7, 11) is 1.69. The summed E-state index contributed by atoms with van der Waals surface area (Å²) in [6, 6.07) is 0. The van der Waals surface area contributed by atoms with E-state index in [2.05, 4.69) is 10.4 Å². The molecule has 0 saturated carbocycles. The van der Waals surface area contributed by atoms with Crippen molar-refractivity contribution in [2.75, 3.05) is 18.9 Å². The number of nitrogen functional groups attached to an aromatic ring is 1. The number of aryl methyl sites for hydroxylation is 1. The summed E-state index contributed by atoms with van der Waals surface area (Å²) in [5.74, 6) is 0.125. The van der Waals surface area contributed by atoms with Gasteiger partial charge in [0, 0.05) is 20.2 Å². The van der Waals surface area contributed by atoms with Gasteiger partial charge in [-0.05, 0) is 20.8 Å². The van der Waals surface area contributed by atoms with Gasteiger partial charge in [-0.1, -0.05) is 0 Å². The van der Waals surface area contributed by atoms with E-state index in [9.17, 15) is 4.79 Å². The summed E-state index contributed by atoms with van der Waals surface area (Å²) < 4.78 is 6.95. The van der Waals surface area contributed by atoms with Crippen molar-refractivity contribution in [2.45, 2.75) is 26.4 Å². The van der Waals surface area contributed by atoms with Crippen molar-refractivity contribution in [1.82, 2.24) is 15.1 Å². The fourth-order valence-corrected chi connectivity index (χ4v) is 1.45. The number of hydrogen-bond acceptors (Lipinski definition) is 4. The van der Waals surface area contributed by atoms with Gasteiger partial charge in [-0.3, -0.25) is 9.48 Å². The zero-order valence-electron chi connectivity index (χ0n) is 10.8. The molecule has 17 heavy (non-hydrogen) atoms. The summed E-state index contributed by atoms with van der Waals surface area (Å²) >= 11 is 0. The molecule has 0 fully saturated rings. The third kappa shape index (κ3) is 3.45. The van der Waals surface area contributed by atoms with Crippen LogP contribution in [0.2, 0.25) is 0 Å². The molecule has 1 aromatic rings. The Morgan fingerprint density at radius 2 is 2.29 bits per heavy atom. The second-order valence-corrected chi connectivity index (χ2v) is 4.44. The summed E-state index contributed by atoms with van der Waals surface area (Å²) in [4.78, 5) is 11.8. The van der Waals surface area contributed by atoms with E-state index in [1.165, 1.54) is 10.9 Å². The van der Waals surface area contributed by atoms with Crippen LogP contribution in [0.3, 0.4) is 0 Å². The van der Waals surface area contributed by atoms with E-state index in [1.54, 1.807) is 7.05 Å². The fourth-order valence-electron chi connectivity index (χ4n) is 1.45. The molecular weight excluding hydrogens is 220 g/mol. The first-order chi connectivity index (χ1) is 7.87. The molecule has 0 aliphatic carbocycles. The first kappa shape index (κ1) is 13.5. The van der Waals surface area contributed by atoms with Gasteiger partial charge in [0.25, 0.3) is 5.91 Å². The van der Waals surface area contributed by atoms with Gasteiger partial charge in [0.1, 0.15) is 11.4 Å². The van der Waals surface area contributed by atoms with Gasteiger partial charge in [-0.2, -0.15) is 5.10 Å². The number of amides is 1. The monoisotopic (exact) mass is 240 g/mol. The van der Waals surface area contributed by atoms with Crippen LogP contribution in [-0.4, -0.2) is 34.4 Å². The Morgan fingerprint density at radius 1 is 1.65 bits per heavy atom. The fraction of sp³-hybridized carbons (Fsp3) is 0.636. The SMILES string of the molecule is CCOC(C)(C)CNC(=O)c1cnn(C)c1N. The van der Waals surface area contributed by atoms with Crippen molar-refractivity contribution in [2.24, 2.45) is 7.05 Å². The van der Waals surface area contributed by atoms with Gasteiger partial charge in [0.15, 0.2) is 0 Å². The molecule has 6 nitrogen and oxygen atoms in total. The Hall–Kier alpha value is -1.56. The smallest absolute Gasteiger partial charge is 0.256 e. The van der Waals surface area contributed by atoms with E-state index in [4.69, 9.17) is 10.5 Å². The molecule has 6 heteroatoms. The summed E-state index contributed by atoms with van der Waals surface area (Å²) in [5.41, 5.74) is 5.71. The third-order valence-corrected chi connectivity index (χ3v) is 2.44. The lowest BCUT2D eigenvalue weighted by Crippen LogP contribution is -2.40. The second kappa shape index (κ2) is 5.18. The number of aromatic nitrogens is 2. The quantitative estimate of drug-likeness (QED) is 0.787. The molecule has 1 rings (SSSR count). The number of anilines is 1. The van der Waals surface area contributed by atoms with Crippen molar-refractivity contribution in [3.63, 3.8) is 0 Å². The molecule has 0 unspecified atom stereocenters. The van der Waals surface area contributed by atoms with Crippen LogP contribution in [0, 0.1) is 0 Å². The maximum absolute atomic E-state index is 11.8. The minimum Gasteiger partial charge on any atom is -0.383 e. The van der Waals surface area contributed by atoms with Crippen LogP contribution in [0.25, 0.3) is 0 Å². The van der Waals surface area contributed by atoms with E-state index in [-0.39, 0.29) is 11.5 Å². The molecule has 3 N–H and O–H groups in total. The first-order valence-corrected chi connectivity index (χ1v) is 5.57. The Balaban J connectivity index is 2.59. The number of nitrogens with zero attached hydrogens (tertiary/aromatic N) is 2. The predicted octanol–water partition coefficient (Wildman–Crippen LogP) is 0.547. The maximum atomic E-state index is 11.8. The summed E-state index contributed by atoms with van der Waals surface area (Å²) in [5, 5.41) is 6.70. The number of carbonyl (C=O) groups excluding carboxylic acids is 1. The van der Waals surface area contributed by atoms with Crippen LogP contribution in [-0.2, 0) is 11.8 Å². The number of nitrogens with two attached hydrogens (primary N) is 1. The van der Waals surface area contributed by atoms with E-state index in [0.29, 0.717) is 24.5 Å². The largest absolute Gasteiger partial charge is 0.383 e. The standard InChI is InChI=1S/C11H20N4O2/c1-5-17-11(2,3)7-13-10(16)8-6-14-15(4)9(8)12/h6H,5,7,12H2,1-4H3,(H,13,16). The molecule has 0 aromatic carbocycles. The highest BCUT2D eigenvalue weighted by molar-refractivity contribution is 5.98. The lowest BCUT2D eigenvalue weighted by molar-refractivity contribution is -0.00815. The molecule has 0 aliphatic heterocycles. The number of ether oxygens (including phenoxy) is 1. The molecule has 0 atom stereocenters. The van der Waals surface area contributed by atoms with Crippen molar-refractivity contribution in [3.8, 4) is 0 Å². The lowest BCUT2D eigenvalue weighted by Gasteiger charge is -2.24. The Kier molecular flexibility index (Phi) is 4.11. The van der Waals surface area contributed by atoms with Gasteiger partial charge in [-0.15, -0.1) is 0 Å². The van der Waals surface area contributed by atoms with Crippen molar-refractivity contribution in [1.29, 1.82) is 0 Å². The van der Waals surface area contributed by atoms with Gasteiger partial charge in [0.2, 0.25) is 0 Å². The Bertz CT molecular complexity index is 398. The molecule has 0 aliphatic rings. The van der Waals surface area contributed by atoms with Crippen LogP contribution in [0.5, 0.6) is 0 Å². The average molecular weight is 240 g/mol. The highest BCUT2D eigenvalue weighted by Gasteiger charge is 2.20. The van der Waals surface area contributed by atoms with E-state index in [0.717, 1.165) is 0 Å². The van der Waals surface area contributed by atoms with Crippen molar-refractivity contribution < 1.29 is 9.53 Å². The van der Waals surface area contributed by atoms with Gasteiger partial charge in [-0.25, -0.2) is 0 Å². The van der Waals surface area contributed by atoms with Crippen molar-refractivity contribution in [3.05, 3.63) is 11.8 Å². The zero-order chi connectivity index (χ0) is 13.1. The highest BCUT2D eigenvalue weighted by Crippen LogP contribution is 2.11. The molecule has 0 spiro atoms. The van der Waals surface area contributed by atoms with E-state index in [1.807, 2.05) is 20.8 Å². The minimum absolute atomic E-state index is 0.233. The predicted molar refractivity (Wildman–Crippen MR) is 65.7 cm³/mol. The van der Waals surface area contributed by atoms with Crippen LogP contribution < -0.4 is 11.1 Å². The molecule has 0 bridgehead atoms. The Morgan fingerprint density at radius 3 is 2.76 bits per heavy atom. The highest BCUT2D eigenvalue weighted by atomic mass is 16.5. The number of hydrogen-bond donors (Lipinski definition) is 2. The second-order valence-electron chi connectivity index (χ2n) is 4.44. The molecule has 1 aromatic heterocycles.